The summed E-state index contributed by atoms with van der Waals surface area (Å²) in [6, 6.07) is 15.7. The third kappa shape index (κ3) is 7.46. The van der Waals surface area contributed by atoms with E-state index in [-0.39, 0.29) is 10.2 Å². The van der Waals surface area contributed by atoms with Gasteiger partial charge in [-0.15, -0.1) is 0 Å². The quantitative estimate of drug-likeness (QED) is 0.130. The van der Waals surface area contributed by atoms with Gasteiger partial charge in [0.15, 0.2) is 15.4 Å². The number of fused-ring (bicyclic) bond motifs is 1. The van der Waals surface area contributed by atoms with Gasteiger partial charge in [0.2, 0.25) is 0 Å². The number of hydrogen-bond donors (Lipinski definition) is 4. The van der Waals surface area contributed by atoms with Crippen LogP contribution < -0.4 is 21.3 Å². The van der Waals surface area contributed by atoms with Crippen molar-refractivity contribution in [2.45, 2.75) is 0 Å². The molecule has 0 aliphatic heterocycles. The lowest BCUT2D eigenvalue weighted by molar-refractivity contribution is 0.0969. The number of thiocarbonyl (C=S) groups is 2. The van der Waals surface area contributed by atoms with Crippen LogP contribution >= 0.6 is 104 Å². The van der Waals surface area contributed by atoms with Gasteiger partial charge in [-0.3, -0.25) is 20.2 Å². The molecule has 2 amide bonds. The molecule has 0 atom stereocenters. The van der Waals surface area contributed by atoms with E-state index < -0.39 is 11.8 Å². The fraction of sp³-hybridized carbons (Fsp3) is 0. The van der Waals surface area contributed by atoms with Gasteiger partial charge in [-0.25, -0.2) is 4.98 Å². The summed E-state index contributed by atoms with van der Waals surface area (Å²) in [6.45, 7) is 0. The Labute approximate surface area is 263 Å². The molecule has 188 valence electrons. The Kier molecular flexibility index (Phi) is 9.53. The van der Waals surface area contributed by atoms with Crippen molar-refractivity contribution in [3.63, 3.8) is 0 Å². The lowest BCUT2D eigenvalue weighted by Crippen LogP contribution is -2.34. The van der Waals surface area contributed by atoms with Gasteiger partial charge >= 0.3 is 0 Å². The zero-order valence-electron chi connectivity index (χ0n) is 18.2. The van der Waals surface area contributed by atoms with Crippen LogP contribution in [0.25, 0.3) is 10.2 Å². The SMILES string of the molecule is O=C(NC(=S)Nc1ccc2nc(NC(=S)NC(=O)c3cc(I)ccc3Cl)sc2c1)c1cc(I)ccc1Cl. The monoisotopic (exact) mass is 811 g/mol. The molecule has 0 fully saturated rings. The van der Waals surface area contributed by atoms with Crippen molar-refractivity contribution in [2.24, 2.45) is 0 Å². The number of rotatable bonds is 4. The van der Waals surface area contributed by atoms with E-state index in [4.69, 9.17) is 47.6 Å². The predicted molar refractivity (Wildman–Crippen MR) is 175 cm³/mol. The highest BCUT2D eigenvalue weighted by molar-refractivity contribution is 14.1. The molecule has 0 spiro atoms. The molecule has 0 unspecified atom stereocenters. The maximum Gasteiger partial charge on any atom is 0.258 e. The molecule has 0 bridgehead atoms. The Morgan fingerprint density at radius 1 is 0.784 bits per heavy atom. The van der Waals surface area contributed by atoms with Crippen molar-refractivity contribution in [3.05, 3.63) is 82.9 Å². The first kappa shape index (κ1) is 28.3. The van der Waals surface area contributed by atoms with Crippen molar-refractivity contribution >= 4 is 147 Å². The third-order valence-corrected chi connectivity index (χ3v) is 8.01. The van der Waals surface area contributed by atoms with Crippen molar-refractivity contribution < 1.29 is 9.59 Å². The molecule has 3 aromatic carbocycles. The second kappa shape index (κ2) is 12.4. The number of thiazole rings is 1. The third-order valence-electron chi connectivity index (χ3n) is 4.67. The van der Waals surface area contributed by atoms with E-state index in [1.165, 1.54) is 11.3 Å². The van der Waals surface area contributed by atoms with Crippen molar-refractivity contribution in [1.82, 2.24) is 15.6 Å². The Bertz CT molecular complexity index is 1500. The molecule has 7 nitrogen and oxygen atoms in total. The first-order valence-electron chi connectivity index (χ1n) is 10.1. The van der Waals surface area contributed by atoms with Crippen LogP contribution in [0.4, 0.5) is 10.8 Å². The Morgan fingerprint density at radius 3 is 1.89 bits per heavy atom. The van der Waals surface area contributed by atoms with Crippen LogP contribution in [0.3, 0.4) is 0 Å². The van der Waals surface area contributed by atoms with Crippen molar-refractivity contribution in [3.8, 4) is 0 Å². The number of nitrogens with zero attached hydrogens (tertiary/aromatic N) is 1. The van der Waals surface area contributed by atoms with Crippen molar-refractivity contribution in [2.75, 3.05) is 10.6 Å². The summed E-state index contributed by atoms with van der Waals surface area (Å²) in [4.78, 5) is 29.6. The Balaban J connectivity index is 1.39. The smallest absolute Gasteiger partial charge is 0.258 e. The van der Waals surface area contributed by atoms with Gasteiger partial charge in [-0.05, 0) is 124 Å². The van der Waals surface area contributed by atoms with Gasteiger partial charge in [-0.1, -0.05) is 34.5 Å². The topological polar surface area (TPSA) is 95.2 Å². The van der Waals surface area contributed by atoms with Gasteiger partial charge in [0.25, 0.3) is 11.8 Å². The highest BCUT2D eigenvalue weighted by Gasteiger charge is 2.15. The number of aromatic nitrogens is 1. The zero-order valence-corrected chi connectivity index (χ0v) is 26.5. The summed E-state index contributed by atoms with van der Waals surface area (Å²) in [6.07, 6.45) is 0. The first-order chi connectivity index (χ1) is 17.6. The molecule has 1 aromatic heterocycles. The van der Waals surface area contributed by atoms with E-state index in [2.05, 4.69) is 71.4 Å². The van der Waals surface area contributed by atoms with Gasteiger partial charge in [0, 0.05) is 12.8 Å². The summed E-state index contributed by atoms with van der Waals surface area (Å²) < 4.78 is 2.58. The van der Waals surface area contributed by atoms with E-state index in [1.807, 2.05) is 12.1 Å². The largest absolute Gasteiger partial charge is 0.332 e. The lowest BCUT2D eigenvalue weighted by Gasteiger charge is -2.10. The maximum atomic E-state index is 12.5. The fourth-order valence-electron chi connectivity index (χ4n) is 3.03. The number of carbonyl (C=O) groups excluding carboxylic acids is 2. The molecule has 0 saturated heterocycles. The fourth-order valence-corrected chi connectivity index (χ4v) is 5.79. The normalized spacial score (nSPS) is 10.6. The van der Waals surface area contributed by atoms with Gasteiger partial charge in [0.05, 0.1) is 31.4 Å². The minimum Gasteiger partial charge on any atom is -0.332 e. The average molecular weight is 812 g/mol. The number of carbonyl (C=O) groups is 2. The highest BCUT2D eigenvalue weighted by atomic mass is 127. The molecule has 14 heteroatoms. The average Bonchev–Trinajstić information content (AvgIpc) is 3.23. The standard InChI is InChI=1S/C23H13Cl2I2N5O2S3/c24-15-4-1-10(26)7-13(15)19(33)30-21(35)28-12-3-6-17-18(9-12)37-23(29-17)32-22(36)31-20(34)14-8-11(27)2-5-16(14)25/h1-9H,(H2,28,30,33,35)(H2,29,31,32,34,36). The molecule has 4 rings (SSSR count). The molecule has 0 saturated carbocycles. The number of hydrogen-bond acceptors (Lipinski definition) is 6. The van der Waals surface area contributed by atoms with Crippen LogP contribution in [0.1, 0.15) is 20.7 Å². The number of amides is 2. The second-order valence-electron chi connectivity index (χ2n) is 7.27. The van der Waals surface area contributed by atoms with Crippen LogP contribution in [-0.2, 0) is 0 Å². The van der Waals surface area contributed by atoms with Crippen LogP contribution in [0, 0.1) is 7.14 Å². The van der Waals surface area contributed by atoms with E-state index in [1.54, 1.807) is 42.5 Å². The van der Waals surface area contributed by atoms with Gasteiger partial charge < -0.3 is 10.6 Å². The summed E-state index contributed by atoms with van der Waals surface area (Å²) in [5.74, 6) is -0.830. The number of anilines is 2. The minimum absolute atomic E-state index is 0.0930. The predicted octanol–water partition coefficient (Wildman–Crippen LogP) is 7.07. The molecule has 1 heterocycles. The van der Waals surface area contributed by atoms with E-state index in [9.17, 15) is 9.59 Å². The zero-order chi connectivity index (χ0) is 26.7. The Hall–Kier alpha value is -1.69. The van der Waals surface area contributed by atoms with Crippen molar-refractivity contribution in [1.29, 1.82) is 0 Å². The summed E-state index contributed by atoms with van der Waals surface area (Å²) in [7, 11) is 0. The lowest BCUT2D eigenvalue weighted by atomic mass is 10.2. The number of nitrogens with one attached hydrogen (secondary N) is 4. The Morgan fingerprint density at radius 2 is 1.32 bits per heavy atom. The minimum atomic E-state index is -0.421. The van der Waals surface area contributed by atoms with E-state index in [0.29, 0.717) is 37.5 Å². The molecular weight excluding hydrogens is 799 g/mol. The molecule has 0 radical (unpaired) electrons. The summed E-state index contributed by atoms with van der Waals surface area (Å²) in [5, 5.41) is 12.5. The van der Waals surface area contributed by atoms with Crippen LogP contribution in [0.2, 0.25) is 10.0 Å². The van der Waals surface area contributed by atoms with Gasteiger partial charge in [0.1, 0.15) is 0 Å². The molecule has 4 aromatic rings. The summed E-state index contributed by atoms with van der Waals surface area (Å²) >= 11 is 28.4. The highest BCUT2D eigenvalue weighted by Crippen LogP contribution is 2.28. The van der Waals surface area contributed by atoms with Crippen LogP contribution in [0.15, 0.2) is 54.6 Å². The van der Waals surface area contributed by atoms with E-state index in [0.717, 1.165) is 11.8 Å². The van der Waals surface area contributed by atoms with Crippen LogP contribution in [0.5, 0.6) is 0 Å². The molecular formula is C23H13Cl2I2N5O2S3. The maximum absolute atomic E-state index is 12.5. The van der Waals surface area contributed by atoms with Crippen LogP contribution in [-0.4, -0.2) is 27.0 Å². The molecule has 0 aliphatic carbocycles. The van der Waals surface area contributed by atoms with Gasteiger partial charge in [-0.2, -0.15) is 0 Å². The second-order valence-corrected chi connectivity index (χ2v) is 12.4. The summed E-state index contributed by atoms with van der Waals surface area (Å²) in [5.41, 5.74) is 2.03. The molecule has 0 aliphatic rings. The number of halogens is 4. The first-order valence-corrected chi connectivity index (χ1v) is 14.7. The van der Waals surface area contributed by atoms with E-state index >= 15 is 0 Å². The molecule has 4 N–H and O–H groups in total. The molecule has 37 heavy (non-hydrogen) atoms. The number of benzene rings is 3.